The maximum absolute atomic E-state index is 2.43. The van der Waals surface area contributed by atoms with Gasteiger partial charge in [0.15, 0.2) is 0 Å². The fourth-order valence-electron chi connectivity index (χ4n) is 2.99. The van der Waals surface area contributed by atoms with Gasteiger partial charge in [0.25, 0.3) is 0 Å². The van der Waals surface area contributed by atoms with Crippen molar-refractivity contribution in [1.82, 2.24) is 29.4 Å². The monoisotopic (exact) mass is 535 g/mol. The predicted molar refractivity (Wildman–Crippen MR) is 127 cm³/mol. The standard InChI is InChI=1S/C10H23N3.C9H21N3.CH3.2Mn.3H2O/c1-11-5-4-6-12(2)8-10-13(3)9-7-11;1-10-4-6-11(2)8-9-12(3)7-5-10;;;;;;/h4-10H2,1-3H3;4-9H2,1-3H3;1H3;;;3*1H2/q;;-1;2*+3;;;. The van der Waals surface area contributed by atoms with Gasteiger partial charge in [-0.15, -0.1) is 0 Å². The van der Waals surface area contributed by atoms with Crippen LogP contribution in [0, 0.1) is 7.43 Å². The molecule has 0 aromatic heterocycles. The molecule has 0 bridgehead atoms. The number of likely N-dealkylation sites (N-methyl/N-ethyl adjacent to an activating group) is 6. The van der Waals surface area contributed by atoms with Crippen LogP contribution in [0.3, 0.4) is 0 Å². The van der Waals surface area contributed by atoms with Gasteiger partial charge in [-0.05, 0) is 61.8 Å². The van der Waals surface area contributed by atoms with Crippen molar-refractivity contribution < 1.29 is 50.6 Å². The number of rotatable bonds is 0. The molecule has 2 aliphatic rings. The first-order chi connectivity index (χ1) is 11.9. The van der Waals surface area contributed by atoms with Crippen LogP contribution in [0.1, 0.15) is 6.42 Å². The molecule has 0 aliphatic carbocycles. The Morgan fingerprint density at radius 3 is 0.613 bits per heavy atom. The summed E-state index contributed by atoms with van der Waals surface area (Å²) in [6, 6.07) is 0. The molecular formula is C20H53Mn2N6O3+5. The molecule has 0 amide bonds. The Hall–Kier alpha value is 0.679. The third-order valence-electron chi connectivity index (χ3n) is 5.40. The normalized spacial score (nSPS) is 21.1. The van der Waals surface area contributed by atoms with E-state index in [1.807, 2.05) is 0 Å². The van der Waals surface area contributed by atoms with E-state index in [2.05, 4.69) is 71.7 Å². The van der Waals surface area contributed by atoms with Gasteiger partial charge in [-0.3, -0.25) is 0 Å². The van der Waals surface area contributed by atoms with Crippen molar-refractivity contribution in [2.24, 2.45) is 0 Å². The Labute approximate surface area is 214 Å². The SMILES string of the molecule is CN1CCCN(C)CCN(C)CC1.CN1CCN(C)CCN(C)CC1.O.O.O.[CH3-].[Mn+3].[Mn+3]. The van der Waals surface area contributed by atoms with Gasteiger partial charge in [0.1, 0.15) is 0 Å². The molecule has 0 unspecified atom stereocenters. The number of nitrogens with zero attached hydrogens (tertiary/aromatic N) is 6. The Kier molecular flexibility index (Phi) is 39.3. The molecule has 0 radical (unpaired) electrons. The first-order valence-electron chi connectivity index (χ1n) is 9.98. The average molecular weight is 536 g/mol. The fraction of sp³-hybridized carbons (Fsp3) is 0.950. The molecule has 0 spiro atoms. The Morgan fingerprint density at radius 2 is 0.452 bits per heavy atom. The zero-order chi connectivity index (χ0) is 18.7. The summed E-state index contributed by atoms with van der Waals surface area (Å²) in [6.07, 6.45) is 1.30. The first-order valence-corrected chi connectivity index (χ1v) is 9.98. The van der Waals surface area contributed by atoms with Gasteiger partial charge in [0, 0.05) is 65.4 Å². The molecule has 0 saturated carbocycles. The van der Waals surface area contributed by atoms with Gasteiger partial charge in [-0.2, -0.15) is 0 Å². The molecule has 190 valence electrons. The van der Waals surface area contributed by atoms with Crippen LogP contribution in [0.2, 0.25) is 0 Å². The van der Waals surface area contributed by atoms with E-state index >= 15 is 0 Å². The van der Waals surface area contributed by atoms with Crippen molar-refractivity contribution in [3.05, 3.63) is 7.43 Å². The fourth-order valence-corrected chi connectivity index (χ4v) is 2.99. The minimum atomic E-state index is 0. The Balaban J connectivity index is -0.0000000846. The van der Waals surface area contributed by atoms with E-state index in [-0.39, 0.29) is 58.0 Å². The van der Waals surface area contributed by atoms with Crippen LogP contribution in [0.25, 0.3) is 0 Å². The second kappa shape index (κ2) is 26.9. The molecule has 2 rings (SSSR count). The van der Waals surface area contributed by atoms with E-state index in [0.29, 0.717) is 0 Å². The van der Waals surface area contributed by atoms with Crippen LogP contribution in [-0.4, -0.2) is 167 Å². The summed E-state index contributed by atoms with van der Waals surface area (Å²) in [6.45, 7) is 14.5. The van der Waals surface area contributed by atoms with Crippen molar-refractivity contribution in [2.75, 3.05) is 121 Å². The van der Waals surface area contributed by atoms with E-state index in [9.17, 15) is 0 Å². The van der Waals surface area contributed by atoms with E-state index in [1.54, 1.807) is 0 Å². The predicted octanol–water partition coefficient (Wildman–Crippen LogP) is -2.05. The first kappa shape index (κ1) is 45.2. The molecular weight excluding hydrogens is 482 g/mol. The van der Waals surface area contributed by atoms with Gasteiger partial charge < -0.3 is 53.3 Å². The van der Waals surface area contributed by atoms with Crippen molar-refractivity contribution in [3.8, 4) is 0 Å². The molecule has 31 heavy (non-hydrogen) atoms. The Morgan fingerprint density at radius 1 is 0.323 bits per heavy atom. The molecule has 2 heterocycles. The molecule has 2 saturated heterocycles. The number of hydrogen-bond donors (Lipinski definition) is 0. The number of hydrogen-bond acceptors (Lipinski definition) is 6. The molecule has 0 aromatic carbocycles. The second-order valence-electron chi connectivity index (χ2n) is 8.17. The minimum Gasteiger partial charge on any atom is -0.412 e. The maximum atomic E-state index is 2.43. The van der Waals surface area contributed by atoms with E-state index in [0.717, 1.165) is 0 Å². The van der Waals surface area contributed by atoms with Crippen LogP contribution in [0.5, 0.6) is 0 Å². The van der Waals surface area contributed by atoms with Crippen molar-refractivity contribution in [2.45, 2.75) is 6.42 Å². The van der Waals surface area contributed by atoms with Crippen LogP contribution in [-0.2, 0) is 34.1 Å². The molecule has 6 N–H and O–H groups in total. The van der Waals surface area contributed by atoms with Crippen LogP contribution >= 0.6 is 0 Å². The van der Waals surface area contributed by atoms with Gasteiger partial charge in [-0.25, -0.2) is 0 Å². The third-order valence-corrected chi connectivity index (χ3v) is 5.40. The van der Waals surface area contributed by atoms with Crippen LogP contribution in [0.4, 0.5) is 0 Å². The van der Waals surface area contributed by atoms with Crippen LogP contribution in [0.15, 0.2) is 0 Å². The quantitative estimate of drug-likeness (QED) is 0.261. The summed E-state index contributed by atoms with van der Waals surface area (Å²) in [5.41, 5.74) is 0. The van der Waals surface area contributed by atoms with Gasteiger partial charge in [0.05, 0.1) is 0 Å². The van der Waals surface area contributed by atoms with E-state index in [1.165, 1.54) is 85.0 Å². The average Bonchev–Trinajstić information content (AvgIpc) is 2.65. The maximum Gasteiger partial charge on any atom is 3.00 e. The second-order valence-corrected chi connectivity index (χ2v) is 8.17. The zero-order valence-corrected chi connectivity index (χ0v) is 23.5. The van der Waals surface area contributed by atoms with Crippen molar-refractivity contribution in [3.63, 3.8) is 0 Å². The van der Waals surface area contributed by atoms with Gasteiger partial charge >= 0.3 is 34.1 Å². The van der Waals surface area contributed by atoms with Gasteiger partial charge in [-0.1, -0.05) is 0 Å². The summed E-state index contributed by atoms with van der Waals surface area (Å²) in [7, 11) is 13.3. The minimum absolute atomic E-state index is 0. The zero-order valence-electron chi connectivity index (χ0n) is 21.1. The largest absolute Gasteiger partial charge is 3.00 e. The molecule has 2 fully saturated rings. The Bertz CT molecular complexity index is 302. The topological polar surface area (TPSA) is 114 Å². The van der Waals surface area contributed by atoms with E-state index in [4.69, 9.17) is 0 Å². The van der Waals surface area contributed by atoms with Gasteiger partial charge in [0.2, 0.25) is 0 Å². The van der Waals surface area contributed by atoms with Crippen molar-refractivity contribution >= 4 is 0 Å². The summed E-state index contributed by atoms with van der Waals surface area (Å²) < 4.78 is 0. The smallest absolute Gasteiger partial charge is 0.412 e. The summed E-state index contributed by atoms with van der Waals surface area (Å²) in [4.78, 5) is 14.5. The molecule has 0 atom stereocenters. The van der Waals surface area contributed by atoms with E-state index < -0.39 is 0 Å². The summed E-state index contributed by atoms with van der Waals surface area (Å²) in [5.74, 6) is 0. The third kappa shape index (κ3) is 25.1. The molecule has 9 nitrogen and oxygen atoms in total. The summed E-state index contributed by atoms with van der Waals surface area (Å²) in [5, 5.41) is 0. The van der Waals surface area contributed by atoms with Crippen molar-refractivity contribution in [1.29, 1.82) is 0 Å². The molecule has 11 heteroatoms. The molecule has 2 aliphatic heterocycles. The summed E-state index contributed by atoms with van der Waals surface area (Å²) >= 11 is 0. The molecule has 0 aromatic rings. The van der Waals surface area contributed by atoms with Crippen LogP contribution < -0.4 is 0 Å².